The van der Waals surface area contributed by atoms with E-state index in [9.17, 15) is 9.59 Å². The van der Waals surface area contributed by atoms with Crippen LogP contribution in [-0.4, -0.2) is 49.0 Å². The van der Waals surface area contributed by atoms with Crippen LogP contribution in [-0.2, 0) is 16.1 Å². The van der Waals surface area contributed by atoms with E-state index in [1.165, 1.54) is 0 Å². The maximum atomic E-state index is 12.1. The average Bonchev–Trinajstić information content (AvgIpc) is 3.11. The van der Waals surface area contributed by atoms with Gasteiger partial charge in [0, 0.05) is 44.2 Å². The lowest BCUT2D eigenvalue weighted by Crippen LogP contribution is -2.33. The maximum absolute atomic E-state index is 12.1. The predicted molar refractivity (Wildman–Crippen MR) is 97.4 cm³/mol. The lowest BCUT2D eigenvalue weighted by atomic mass is 10.2. The van der Waals surface area contributed by atoms with Crippen LogP contribution in [0.4, 0.5) is 0 Å². The second kappa shape index (κ2) is 10.0. The Morgan fingerprint density at radius 2 is 1.92 bits per heavy atom. The van der Waals surface area contributed by atoms with Crippen LogP contribution in [0.15, 0.2) is 24.3 Å². The molecule has 0 spiro atoms. The van der Waals surface area contributed by atoms with E-state index < -0.39 is 0 Å². The third-order valence-electron chi connectivity index (χ3n) is 4.08. The summed E-state index contributed by atoms with van der Waals surface area (Å²) in [6.07, 6.45) is 2.60. The molecule has 0 aliphatic carbocycles. The van der Waals surface area contributed by atoms with Crippen LogP contribution in [0.2, 0.25) is 0 Å². The van der Waals surface area contributed by atoms with Gasteiger partial charge in [-0.15, -0.1) is 0 Å². The number of carbonyl (C=O) groups is 2. The van der Waals surface area contributed by atoms with Gasteiger partial charge in [-0.25, -0.2) is 0 Å². The first kappa shape index (κ1) is 19.2. The molecule has 2 amide bonds. The van der Waals surface area contributed by atoms with Crippen molar-refractivity contribution in [1.29, 1.82) is 0 Å². The topological polar surface area (TPSA) is 70.7 Å². The highest BCUT2D eigenvalue weighted by molar-refractivity contribution is 5.78. The average molecular weight is 347 g/mol. The largest absolute Gasteiger partial charge is 0.483 e. The van der Waals surface area contributed by atoms with E-state index in [0.717, 1.165) is 31.5 Å². The highest BCUT2D eigenvalue weighted by Crippen LogP contribution is 2.18. The molecule has 2 N–H and O–H groups in total. The third-order valence-corrected chi connectivity index (χ3v) is 4.08. The molecule has 0 aromatic heterocycles. The van der Waals surface area contributed by atoms with Crippen molar-refractivity contribution in [1.82, 2.24) is 15.5 Å². The van der Waals surface area contributed by atoms with Gasteiger partial charge in [-0.1, -0.05) is 18.2 Å². The first-order chi connectivity index (χ1) is 12.1. The van der Waals surface area contributed by atoms with Crippen molar-refractivity contribution < 1.29 is 14.3 Å². The predicted octanol–water partition coefficient (Wildman–Crippen LogP) is 1.69. The van der Waals surface area contributed by atoms with Gasteiger partial charge in [-0.3, -0.25) is 9.59 Å². The SMILES string of the molecule is CC(C)NC(=O)CCNCc1ccccc1OCC(=O)N1CCCC1. The molecule has 1 aromatic carbocycles. The molecule has 1 fully saturated rings. The summed E-state index contributed by atoms with van der Waals surface area (Å²) < 4.78 is 5.73. The lowest BCUT2D eigenvalue weighted by molar-refractivity contribution is -0.132. The Labute approximate surface area is 149 Å². The van der Waals surface area contributed by atoms with E-state index >= 15 is 0 Å². The maximum Gasteiger partial charge on any atom is 0.260 e. The molecule has 1 aliphatic heterocycles. The van der Waals surface area contributed by atoms with E-state index in [2.05, 4.69) is 10.6 Å². The van der Waals surface area contributed by atoms with Crippen molar-refractivity contribution in [2.75, 3.05) is 26.2 Å². The highest BCUT2D eigenvalue weighted by atomic mass is 16.5. The van der Waals surface area contributed by atoms with Gasteiger partial charge in [0.05, 0.1) is 0 Å². The molecule has 0 saturated carbocycles. The zero-order valence-corrected chi connectivity index (χ0v) is 15.2. The summed E-state index contributed by atoms with van der Waals surface area (Å²) >= 11 is 0. The number of rotatable bonds is 9. The Bertz CT molecular complexity index is 569. The third kappa shape index (κ3) is 6.74. The molecule has 6 nitrogen and oxygen atoms in total. The number of benzene rings is 1. The van der Waals surface area contributed by atoms with Crippen molar-refractivity contribution in [2.45, 2.75) is 45.7 Å². The molecule has 138 valence electrons. The summed E-state index contributed by atoms with van der Waals surface area (Å²) in [5.41, 5.74) is 0.987. The number of hydrogen-bond donors (Lipinski definition) is 2. The Balaban J connectivity index is 1.75. The van der Waals surface area contributed by atoms with Crippen LogP contribution in [0.25, 0.3) is 0 Å². The quantitative estimate of drug-likeness (QED) is 0.667. The Hall–Kier alpha value is -2.08. The van der Waals surface area contributed by atoms with Gasteiger partial charge in [0.2, 0.25) is 5.91 Å². The minimum Gasteiger partial charge on any atom is -0.483 e. The molecule has 1 aromatic rings. The second-order valence-electron chi connectivity index (χ2n) is 6.63. The number of amides is 2. The first-order valence-corrected chi connectivity index (χ1v) is 9.05. The first-order valence-electron chi connectivity index (χ1n) is 9.05. The van der Waals surface area contributed by atoms with Gasteiger partial charge in [-0.2, -0.15) is 0 Å². The monoisotopic (exact) mass is 347 g/mol. The molecular formula is C19H29N3O3. The Morgan fingerprint density at radius 1 is 1.20 bits per heavy atom. The zero-order valence-electron chi connectivity index (χ0n) is 15.2. The van der Waals surface area contributed by atoms with E-state index in [4.69, 9.17) is 4.74 Å². The van der Waals surface area contributed by atoms with Crippen molar-refractivity contribution in [2.24, 2.45) is 0 Å². The molecule has 1 saturated heterocycles. The van der Waals surface area contributed by atoms with Crippen molar-refractivity contribution in [3.63, 3.8) is 0 Å². The smallest absolute Gasteiger partial charge is 0.260 e. The van der Waals surface area contributed by atoms with Crippen LogP contribution in [0, 0.1) is 0 Å². The van der Waals surface area contributed by atoms with Crippen LogP contribution in [0.1, 0.15) is 38.7 Å². The number of ether oxygens (including phenoxy) is 1. The van der Waals surface area contributed by atoms with Gasteiger partial charge < -0.3 is 20.3 Å². The zero-order chi connectivity index (χ0) is 18.1. The van der Waals surface area contributed by atoms with Crippen LogP contribution in [0.3, 0.4) is 0 Å². The number of hydrogen-bond acceptors (Lipinski definition) is 4. The van der Waals surface area contributed by atoms with Gasteiger partial charge in [0.25, 0.3) is 5.91 Å². The molecule has 25 heavy (non-hydrogen) atoms. The highest BCUT2D eigenvalue weighted by Gasteiger charge is 2.18. The Morgan fingerprint density at radius 3 is 2.64 bits per heavy atom. The number of likely N-dealkylation sites (tertiary alicyclic amines) is 1. The number of nitrogens with zero attached hydrogens (tertiary/aromatic N) is 1. The normalized spacial score (nSPS) is 14.0. The van der Waals surface area contributed by atoms with Crippen LogP contribution >= 0.6 is 0 Å². The summed E-state index contributed by atoms with van der Waals surface area (Å²) in [5, 5.41) is 6.12. The second-order valence-corrected chi connectivity index (χ2v) is 6.63. The molecule has 0 radical (unpaired) electrons. The lowest BCUT2D eigenvalue weighted by Gasteiger charge is -2.17. The number of carbonyl (C=O) groups excluding carboxylic acids is 2. The molecule has 0 atom stereocenters. The summed E-state index contributed by atoms with van der Waals surface area (Å²) in [5.74, 6) is 0.808. The summed E-state index contributed by atoms with van der Waals surface area (Å²) in [7, 11) is 0. The van der Waals surface area contributed by atoms with Crippen LogP contribution in [0.5, 0.6) is 5.75 Å². The molecular weight excluding hydrogens is 318 g/mol. The molecule has 1 aliphatic rings. The minimum absolute atomic E-state index is 0.0447. The fourth-order valence-corrected chi connectivity index (χ4v) is 2.81. The fraction of sp³-hybridized carbons (Fsp3) is 0.579. The van der Waals surface area contributed by atoms with Crippen LogP contribution < -0.4 is 15.4 Å². The van der Waals surface area contributed by atoms with Gasteiger partial charge in [-0.05, 0) is 32.8 Å². The summed E-state index contributed by atoms with van der Waals surface area (Å²) in [6.45, 7) is 6.84. The van der Waals surface area contributed by atoms with Gasteiger partial charge in [0.15, 0.2) is 6.61 Å². The summed E-state index contributed by atoms with van der Waals surface area (Å²) in [6, 6.07) is 7.85. The van der Waals surface area contributed by atoms with Crippen molar-refractivity contribution >= 4 is 11.8 Å². The Kier molecular flexibility index (Phi) is 7.73. The van der Waals surface area contributed by atoms with E-state index in [1.807, 2.05) is 43.0 Å². The molecule has 0 bridgehead atoms. The van der Waals surface area contributed by atoms with Gasteiger partial charge in [0.1, 0.15) is 5.75 Å². The van der Waals surface area contributed by atoms with E-state index in [-0.39, 0.29) is 24.5 Å². The minimum atomic E-state index is 0.0447. The van der Waals surface area contributed by atoms with E-state index in [0.29, 0.717) is 25.3 Å². The van der Waals surface area contributed by atoms with Crippen molar-refractivity contribution in [3.05, 3.63) is 29.8 Å². The van der Waals surface area contributed by atoms with Gasteiger partial charge >= 0.3 is 0 Å². The number of para-hydroxylation sites is 1. The van der Waals surface area contributed by atoms with E-state index in [1.54, 1.807) is 0 Å². The molecule has 2 rings (SSSR count). The fourth-order valence-electron chi connectivity index (χ4n) is 2.81. The number of nitrogens with one attached hydrogen (secondary N) is 2. The standard InChI is InChI=1S/C19H29N3O3/c1-15(2)21-18(23)9-10-20-13-16-7-3-4-8-17(16)25-14-19(24)22-11-5-6-12-22/h3-4,7-8,15,20H,5-6,9-14H2,1-2H3,(H,21,23). The van der Waals surface area contributed by atoms with Crippen molar-refractivity contribution in [3.8, 4) is 5.75 Å². The molecule has 0 unspecified atom stereocenters. The summed E-state index contributed by atoms with van der Waals surface area (Å²) in [4.78, 5) is 25.6. The molecule has 6 heteroatoms. The molecule has 1 heterocycles.